The van der Waals surface area contributed by atoms with Gasteiger partial charge in [-0.3, -0.25) is 19.2 Å². The number of carbonyl (C=O) groups is 4. The van der Waals surface area contributed by atoms with Gasteiger partial charge in [-0.1, -0.05) is 48.5 Å². The average Bonchev–Trinajstić information content (AvgIpc) is 3.06. The van der Waals surface area contributed by atoms with Gasteiger partial charge in [0.2, 0.25) is 23.1 Å². The molecule has 4 heteroatoms. The molecule has 7 aromatic carbocycles. The Balaban J connectivity index is 1.13. The largest absolute Gasteiger partial charge is 0.290 e. The lowest BCUT2D eigenvalue weighted by Crippen LogP contribution is -2.40. The zero-order valence-corrected chi connectivity index (χ0v) is 24.3. The molecule has 7 aromatic rings. The number of fused-ring (bicyclic) bond motifs is 6. The number of ketones is 4. The lowest BCUT2D eigenvalue weighted by Gasteiger charge is -2.39. The summed E-state index contributed by atoms with van der Waals surface area (Å²) < 4.78 is 0. The van der Waals surface area contributed by atoms with Crippen molar-refractivity contribution in [3.05, 3.63) is 154 Å². The summed E-state index contributed by atoms with van der Waals surface area (Å²) in [4.78, 5) is 53.8. The summed E-state index contributed by atoms with van der Waals surface area (Å²) in [6, 6.07) is 37.1. The summed E-state index contributed by atoms with van der Waals surface area (Å²) in [5.74, 6) is -3.77. The first-order chi connectivity index (χ1) is 22.4. The van der Waals surface area contributed by atoms with Gasteiger partial charge in [0.15, 0.2) is 0 Å². The van der Waals surface area contributed by atoms with E-state index < -0.39 is 23.7 Å². The first-order valence-corrected chi connectivity index (χ1v) is 15.7. The lowest BCUT2D eigenvalue weighted by atomic mass is 9.61. The molecule has 0 aliphatic heterocycles. The summed E-state index contributed by atoms with van der Waals surface area (Å²) in [5, 5.41) is 8.17. The minimum absolute atomic E-state index is 0.333. The van der Waals surface area contributed by atoms with Gasteiger partial charge in [0.1, 0.15) is 0 Å². The number of benzene rings is 7. The van der Waals surface area contributed by atoms with Gasteiger partial charge in [-0.05, 0) is 148 Å². The summed E-state index contributed by atoms with van der Waals surface area (Å²) in [7, 11) is 0. The van der Waals surface area contributed by atoms with Crippen LogP contribution in [0.3, 0.4) is 0 Å². The summed E-state index contributed by atoms with van der Waals surface area (Å²) >= 11 is 0. The van der Waals surface area contributed by atoms with Crippen LogP contribution >= 0.6 is 0 Å². The van der Waals surface area contributed by atoms with Crippen LogP contribution in [0.1, 0.15) is 68.2 Å². The van der Waals surface area contributed by atoms with Crippen LogP contribution in [0.25, 0.3) is 43.1 Å². The molecule has 0 heterocycles. The second-order valence-corrected chi connectivity index (χ2v) is 13.4. The SMILES string of the molecule is O=C1C(=O)[C@H]2c3cc4ccccc4cc3[C@@H]1c1cc3cc4cc5c(cc4cc3cc12)[C@H]1C(=O)C(=O)[C@@H]5c2cc3ccccc3cc21. The Bertz CT molecular complexity index is 2330. The van der Waals surface area contributed by atoms with Crippen LogP contribution in [0, 0.1) is 0 Å². The fourth-order valence-electron chi connectivity index (χ4n) is 9.09. The van der Waals surface area contributed by atoms with Gasteiger partial charge in [-0.25, -0.2) is 0 Å². The van der Waals surface area contributed by atoms with E-state index in [1.807, 2.05) is 48.5 Å². The molecule has 0 fully saturated rings. The van der Waals surface area contributed by atoms with E-state index in [4.69, 9.17) is 0 Å². The minimum Gasteiger partial charge on any atom is -0.290 e. The van der Waals surface area contributed by atoms with Crippen LogP contribution in [-0.4, -0.2) is 23.1 Å². The van der Waals surface area contributed by atoms with Crippen LogP contribution in [0.4, 0.5) is 0 Å². The molecule has 0 spiro atoms. The standard InChI is InChI=1S/C42H22O4/c43-39-35-27-11-19-5-1-2-6-20(19)12-28(27)36(40(39)44)32-16-24-10-26-18-34-33(17-25(26)9-23(24)15-31(32)35)37-29-13-21-7-3-4-8-22(21)14-30(29)38(34)42(46)41(37)45/h1-18,35-38H/t35-,36+,37-,38+. The molecular weight excluding hydrogens is 568 g/mol. The summed E-state index contributed by atoms with van der Waals surface area (Å²) in [6.07, 6.45) is 0. The van der Waals surface area contributed by atoms with Crippen molar-refractivity contribution in [1.29, 1.82) is 0 Å². The van der Waals surface area contributed by atoms with Crippen LogP contribution < -0.4 is 0 Å². The molecule has 0 unspecified atom stereocenters. The molecule has 46 heavy (non-hydrogen) atoms. The quantitative estimate of drug-likeness (QED) is 0.134. The molecule has 0 N–H and O–H groups in total. The predicted molar refractivity (Wildman–Crippen MR) is 177 cm³/mol. The number of rotatable bonds is 0. The first-order valence-electron chi connectivity index (χ1n) is 15.7. The van der Waals surface area contributed by atoms with Gasteiger partial charge in [-0.2, -0.15) is 0 Å². The molecule has 6 aliphatic carbocycles. The Kier molecular flexibility index (Phi) is 4.32. The molecule has 4 nitrogen and oxygen atoms in total. The molecule has 214 valence electrons. The molecule has 0 aromatic heterocycles. The highest BCUT2D eigenvalue weighted by atomic mass is 16.2. The van der Waals surface area contributed by atoms with Crippen molar-refractivity contribution in [2.24, 2.45) is 0 Å². The van der Waals surface area contributed by atoms with Gasteiger partial charge < -0.3 is 0 Å². The van der Waals surface area contributed by atoms with Gasteiger partial charge in [0.25, 0.3) is 0 Å². The maximum absolute atomic E-state index is 13.5. The monoisotopic (exact) mass is 590 g/mol. The Labute approximate surface area is 262 Å². The van der Waals surface area contributed by atoms with E-state index in [-0.39, 0.29) is 23.1 Å². The van der Waals surface area contributed by atoms with Crippen LogP contribution in [0.5, 0.6) is 0 Å². The molecule has 0 radical (unpaired) electrons. The van der Waals surface area contributed by atoms with E-state index >= 15 is 0 Å². The highest BCUT2D eigenvalue weighted by Crippen LogP contribution is 2.53. The number of hydrogen-bond donors (Lipinski definition) is 0. The van der Waals surface area contributed by atoms with Crippen LogP contribution in [0.15, 0.2) is 109 Å². The fourth-order valence-corrected chi connectivity index (χ4v) is 9.09. The van der Waals surface area contributed by atoms with E-state index in [0.29, 0.717) is 0 Å². The molecule has 0 saturated carbocycles. The fraction of sp³-hybridized carbons (Fsp3) is 0.0952. The summed E-state index contributed by atoms with van der Waals surface area (Å²) in [5.41, 5.74) is 7.35. The van der Waals surface area contributed by atoms with E-state index in [0.717, 1.165) is 87.6 Å². The first kappa shape index (κ1) is 24.6. The lowest BCUT2D eigenvalue weighted by molar-refractivity contribution is -0.138. The zero-order valence-electron chi connectivity index (χ0n) is 24.3. The second kappa shape index (κ2) is 8.09. The van der Waals surface area contributed by atoms with Crippen molar-refractivity contribution in [3.63, 3.8) is 0 Å². The highest BCUT2D eigenvalue weighted by Gasteiger charge is 2.50. The van der Waals surface area contributed by atoms with Crippen molar-refractivity contribution < 1.29 is 19.2 Å². The normalized spacial score (nSPS) is 22.1. The smallest absolute Gasteiger partial charge is 0.211 e. The van der Waals surface area contributed by atoms with Gasteiger partial charge in [0, 0.05) is 0 Å². The number of Topliss-reactive ketones (excluding diaryl/α,β-unsaturated/α-hetero) is 4. The Hall–Kier alpha value is -5.74. The maximum Gasteiger partial charge on any atom is 0.211 e. The highest BCUT2D eigenvalue weighted by molar-refractivity contribution is 6.46. The van der Waals surface area contributed by atoms with Gasteiger partial charge in [-0.15, -0.1) is 0 Å². The third-order valence-electron chi connectivity index (χ3n) is 11.1. The van der Waals surface area contributed by atoms with Crippen molar-refractivity contribution in [2.45, 2.75) is 23.7 Å². The third kappa shape index (κ3) is 2.86. The van der Waals surface area contributed by atoms with E-state index in [1.165, 1.54) is 0 Å². The number of carbonyl (C=O) groups excluding carboxylic acids is 4. The molecule has 6 aliphatic rings. The van der Waals surface area contributed by atoms with Crippen LogP contribution in [0.2, 0.25) is 0 Å². The predicted octanol–water partition coefficient (Wildman–Crippen LogP) is 7.76. The van der Waals surface area contributed by atoms with Crippen LogP contribution in [-0.2, 0) is 19.2 Å². The summed E-state index contributed by atoms with van der Waals surface area (Å²) in [6.45, 7) is 0. The van der Waals surface area contributed by atoms with Crippen molar-refractivity contribution in [2.75, 3.05) is 0 Å². The van der Waals surface area contributed by atoms with E-state index in [9.17, 15) is 19.2 Å². The van der Waals surface area contributed by atoms with Gasteiger partial charge >= 0.3 is 0 Å². The maximum atomic E-state index is 13.5. The molecule has 4 bridgehead atoms. The molecule has 0 saturated heterocycles. The van der Waals surface area contributed by atoms with E-state index in [1.54, 1.807) is 0 Å². The topological polar surface area (TPSA) is 68.3 Å². The Morgan fingerprint density at radius 2 is 0.457 bits per heavy atom. The Morgan fingerprint density at radius 1 is 0.261 bits per heavy atom. The molecule has 4 atom stereocenters. The van der Waals surface area contributed by atoms with Gasteiger partial charge in [0.05, 0.1) is 23.7 Å². The number of hydrogen-bond acceptors (Lipinski definition) is 4. The Morgan fingerprint density at radius 3 is 0.674 bits per heavy atom. The molecule has 0 amide bonds. The van der Waals surface area contributed by atoms with Crippen molar-refractivity contribution in [1.82, 2.24) is 0 Å². The molecule has 13 rings (SSSR count). The molecular formula is C42H22O4. The van der Waals surface area contributed by atoms with Crippen molar-refractivity contribution in [3.8, 4) is 0 Å². The van der Waals surface area contributed by atoms with E-state index in [2.05, 4.69) is 60.7 Å². The zero-order chi connectivity index (χ0) is 30.6. The second-order valence-electron chi connectivity index (χ2n) is 13.4. The third-order valence-corrected chi connectivity index (χ3v) is 11.1. The van der Waals surface area contributed by atoms with Crippen molar-refractivity contribution >= 4 is 66.2 Å². The average molecular weight is 591 g/mol. The minimum atomic E-state index is -0.610.